The van der Waals surface area contributed by atoms with Gasteiger partial charge < -0.3 is 19.7 Å². The second-order valence-corrected chi connectivity index (χ2v) is 10.7. The monoisotopic (exact) mass is 541 g/mol. The van der Waals surface area contributed by atoms with Gasteiger partial charge in [-0.25, -0.2) is 4.98 Å². The Kier molecular flexibility index (Phi) is 6.27. The van der Waals surface area contributed by atoms with Gasteiger partial charge in [-0.2, -0.15) is 0 Å². The number of anilines is 1. The number of carbonyl (C=O) groups excluding carboxylic acids is 2. The SMILES string of the molecule is CC(C(=O)N1CCN(c2ccccn2)CC1)N1C(=O)c2ccccc2C1c1c(-c2ccccc2)[nH]c2ccccc12. The number of para-hydroxylation sites is 1. The van der Waals surface area contributed by atoms with E-state index in [1.165, 1.54) is 0 Å². The van der Waals surface area contributed by atoms with Gasteiger partial charge in [0.15, 0.2) is 0 Å². The fraction of sp³-hybridized carbons (Fsp3) is 0.206. The highest BCUT2D eigenvalue weighted by Gasteiger charge is 2.45. The van der Waals surface area contributed by atoms with E-state index in [4.69, 9.17) is 0 Å². The van der Waals surface area contributed by atoms with Crippen molar-refractivity contribution in [3.05, 3.63) is 120 Å². The number of aromatic nitrogens is 2. The molecule has 0 bridgehead atoms. The normalized spacial score (nSPS) is 17.6. The topological polar surface area (TPSA) is 72.5 Å². The zero-order valence-corrected chi connectivity index (χ0v) is 22.9. The molecule has 0 radical (unpaired) electrons. The van der Waals surface area contributed by atoms with Gasteiger partial charge in [0.05, 0.1) is 11.7 Å². The number of hydrogen-bond acceptors (Lipinski definition) is 4. The van der Waals surface area contributed by atoms with Gasteiger partial charge in [-0.15, -0.1) is 0 Å². The quantitative estimate of drug-likeness (QED) is 0.318. The summed E-state index contributed by atoms with van der Waals surface area (Å²) < 4.78 is 0. The van der Waals surface area contributed by atoms with E-state index >= 15 is 0 Å². The number of nitrogens with zero attached hydrogens (tertiary/aromatic N) is 4. The molecule has 41 heavy (non-hydrogen) atoms. The Morgan fingerprint density at radius 1 is 0.854 bits per heavy atom. The molecule has 1 N–H and O–H groups in total. The minimum Gasteiger partial charge on any atom is -0.354 e. The molecule has 204 valence electrons. The lowest BCUT2D eigenvalue weighted by molar-refractivity contribution is -0.136. The van der Waals surface area contributed by atoms with Crippen molar-refractivity contribution in [2.75, 3.05) is 31.1 Å². The Balaban J connectivity index is 1.27. The number of nitrogens with one attached hydrogen (secondary N) is 1. The van der Waals surface area contributed by atoms with Crippen LogP contribution in [0.15, 0.2) is 103 Å². The molecule has 2 aliphatic heterocycles. The Morgan fingerprint density at radius 3 is 2.34 bits per heavy atom. The number of hydrogen-bond donors (Lipinski definition) is 1. The van der Waals surface area contributed by atoms with Crippen molar-refractivity contribution in [2.45, 2.75) is 19.0 Å². The largest absolute Gasteiger partial charge is 0.354 e. The van der Waals surface area contributed by atoms with Crippen LogP contribution in [0.3, 0.4) is 0 Å². The number of benzene rings is 3. The summed E-state index contributed by atoms with van der Waals surface area (Å²) in [6.07, 6.45) is 1.79. The zero-order valence-electron chi connectivity index (χ0n) is 22.9. The summed E-state index contributed by atoms with van der Waals surface area (Å²) in [5.41, 5.74) is 5.61. The summed E-state index contributed by atoms with van der Waals surface area (Å²) in [7, 11) is 0. The first-order chi connectivity index (χ1) is 20.1. The van der Waals surface area contributed by atoms with E-state index in [1.807, 2.05) is 84.6 Å². The fourth-order valence-electron chi connectivity index (χ4n) is 6.39. The first-order valence-corrected chi connectivity index (χ1v) is 14.1. The summed E-state index contributed by atoms with van der Waals surface area (Å²) in [6, 6.07) is 31.0. The Hall–Kier alpha value is -4.91. The van der Waals surface area contributed by atoms with Gasteiger partial charge in [0.1, 0.15) is 11.9 Å². The smallest absolute Gasteiger partial charge is 0.255 e. The molecule has 5 aromatic rings. The number of piperazine rings is 1. The molecule has 1 saturated heterocycles. The highest BCUT2D eigenvalue weighted by molar-refractivity contribution is 6.04. The molecule has 7 rings (SSSR count). The van der Waals surface area contributed by atoms with Crippen LogP contribution in [0.5, 0.6) is 0 Å². The van der Waals surface area contributed by atoms with Gasteiger partial charge in [-0.3, -0.25) is 9.59 Å². The van der Waals surface area contributed by atoms with E-state index in [0.29, 0.717) is 31.7 Å². The van der Waals surface area contributed by atoms with E-state index in [0.717, 1.165) is 39.1 Å². The lowest BCUT2D eigenvalue weighted by Crippen LogP contribution is -2.55. The van der Waals surface area contributed by atoms with Crippen LogP contribution in [-0.4, -0.2) is 63.8 Å². The molecule has 2 atom stereocenters. The van der Waals surface area contributed by atoms with Crippen LogP contribution < -0.4 is 4.90 Å². The first-order valence-electron chi connectivity index (χ1n) is 14.1. The van der Waals surface area contributed by atoms with Gasteiger partial charge in [0.25, 0.3) is 5.91 Å². The average Bonchev–Trinajstić information content (AvgIpc) is 3.56. The maximum atomic E-state index is 14.1. The molecule has 1 fully saturated rings. The molecule has 7 nitrogen and oxygen atoms in total. The number of pyridine rings is 1. The van der Waals surface area contributed by atoms with Gasteiger partial charge in [-0.05, 0) is 42.3 Å². The van der Waals surface area contributed by atoms with Crippen molar-refractivity contribution >= 4 is 28.5 Å². The molecule has 2 aliphatic rings. The minimum absolute atomic E-state index is 0.0297. The van der Waals surface area contributed by atoms with Crippen molar-refractivity contribution in [3.8, 4) is 11.3 Å². The van der Waals surface area contributed by atoms with Crippen molar-refractivity contribution in [1.29, 1.82) is 0 Å². The molecule has 3 aromatic carbocycles. The molecular formula is C34H31N5O2. The number of rotatable bonds is 5. The van der Waals surface area contributed by atoms with Crippen molar-refractivity contribution in [3.63, 3.8) is 0 Å². The van der Waals surface area contributed by atoms with E-state index < -0.39 is 12.1 Å². The van der Waals surface area contributed by atoms with Crippen molar-refractivity contribution in [1.82, 2.24) is 19.8 Å². The van der Waals surface area contributed by atoms with Crippen LogP contribution in [0.1, 0.15) is 34.5 Å². The highest BCUT2D eigenvalue weighted by Crippen LogP contribution is 2.46. The molecule has 4 heterocycles. The summed E-state index contributed by atoms with van der Waals surface area (Å²) in [5.74, 6) is 0.784. The third-order valence-electron chi connectivity index (χ3n) is 8.42. The van der Waals surface area contributed by atoms with Crippen LogP contribution >= 0.6 is 0 Å². The van der Waals surface area contributed by atoms with E-state index in [-0.39, 0.29) is 11.8 Å². The summed E-state index contributed by atoms with van der Waals surface area (Å²) >= 11 is 0. The lowest BCUT2D eigenvalue weighted by Gasteiger charge is -2.39. The molecule has 2 amide bonds. The third-order valence-corrected chi connectivity index (χ3v) is 8.42. The molecule has 0 aliphatic carbocycles. The molecule has 7 heteroatoms. The highest BCUT2D eigenvalue weighted by atomic mass is 16.2. The van der Waals surface area contributed by atoms with Crippen LogP contribution in [0.2, 0.25) is 0 Å². The van der Waals surface area contributed by atoms with Gasteiger partial charge >= 0.3 is 0 Å². The van der Waals surface area contributed by atoms with Gasteiger partial charge in [-0.1, -0.05) is 72.8 Å². The summed E-state index contributed by atoms with van der Waals surface area (Å²) in [4.78, 5) is 42.1. The molecule has 2 aromatic heterocycles. The van der Waals surface area contributed by atoms with Crippen LogP contribution in [0.25, 0.3) is 22.2 Å². The number of H-pyrrole nitrogens is 1. The second kappa shape index (κ2) is 10.2. The Labute approximate surface area is 239 Å². The van der Waals surface area contributed by atoms with Crippen LogP contribution in [-0.2, 0) is 4.79 Å². The van der Waals surface area contributed by atoms with E-state index in [2.05, 4.69) is 39.1 Å². The van der Waals surface area contributed by atoms with Crippen molar-refractivity contribution < 1.29 is 9.59 Å². The minimum atomic E-state index is -0.640. The predicted molar refractivity (Wildman–Crippen MR) is 161 cm³/mol. The molecule has 0 saturated carbocycles. The summed E-state index contributed by atoms with van der Waals surface area (Å²) in [6.45, 7) is 4.45. The zero-order chi connectivity index (χ0) is 27.9. The lowest BCUT2D eigenvalue weighted by atomic mass is 9.92. The number of carbonyl (C=O) groups is 2. The predicted octanol–water partition coefficient (Wildman–Crippen LogP) is 5.51. The van der Waals surface area contributed by atoms with E-state index in [1.54, 1.807) is 11.1 Å². The van der Waals surface area contributed by atoms with Crippen LogP contribution in [0, 0.1) is 0 Å². The van der Waals surface area contributed by atoms with Crippen LogP contribution in [0.4, 0.5) is 5.82 Å². The third kappa shape index (κ3) is 4.25. The maximum Gasteiger partial charge on any atom is 0.255 e. The average molecular weight is 542 g/mol. The number of fused-ring (bicyclic) bond motifs is 2. The number of aromatic amines is 1. The molecule has 0 spiro atoms. The second-order valence-electron chi connectivity index (χ2n) is 10.7. The Bertz CT molecular complexity index is 1720. The molecular weight excluding hydrogens is 510 g/mol. The maximum absolute atomic E-state index is 14.1. The number of amides is 2. The fourth-order valence-corrected chi connectivity index (χ4v) is 6.39. The van der Waals surface area contributed by atoms with E-state index in [9.17, 15) is 9.59 Å². The van der Waals surface area contributed by atoms with Gasteiger partial charge in [0.2, 0.25) is 5.91 Å². The summed E-state index contributed by atoms with van der Waals surface area (Å²) in [5, 5.41) is 1.05. The van der Waals surface area contributed by atoms with Gasteiger partial charge in [0, 0.05) is 54.4 Å². The first kappa shape index (κ1) is 25.1. The Morgan fingerprint density at radius 2 is 1.56 bits per heavy atom. The molecule has 2 unspecified atom stereocenters. The van der Waals surface area contributed by atoms with Crippen molar-refractivity contribution in [2.24, 2.45) is 0 Å². The standard InChI is InChI=1S/C34H31N5O2/c1-23(33(40)38-21-19-37(20-22-38)29-17-9-10-18-35-29)39-32(25-13-5-6-14-26(25)34(39)41)30-27-15-7-8-16-28(27)36-31(30)24-11-3-2-4-12-24/h2-18,23,32,36H,19-22H2,1H3.